The molecule has 0 saturated heterocycles. The van der Waals surface area contributed by atoms with E-state index in [9.17, 15) is 9.50 Å². The van der Waals surface area contributed by atoms with E-state index in [1.807, 2.05) is 6.92 Å². The molecule has 0 aliphatic rings. The molecule has 0 saturated carbocycles. The van der Waals surface area contributed by atoms with Crippen molar-refractivity contribution < 1.29 is 9.50 Å². The zero-order chi connectivity index (χ0) is 12.8. The topological polar surface area (TPSA) is 56.7 Å². The van der Waals surface area contributed by atoms with Crippen LogP contribution in [0.1, 0.15) is 18.9 Å². The van der Waals surface area contributed by atoms with Crippen LogP contribution >= 0.6 is 12.2 Å². The second-order valence-corrected chi connectivity index (χ2v) is 3.67. The highest BCUT2D eigenvalue weighted by Gasteiger charge is 2.09. The van der Waals surface area contributed by atoms with Gasteiger partial charge in [0.25, 0.3) is 0 Å². The first-order valence-electron chi connectivity index (χ1n) is 5.11. The van der Waals surface area contributed by atoms with Crippen molar-refractivity contribution in [2.75, 3.05) is 7.05 Å². The van der Waals surface area contributed by atoms with Crippen molar-refractivity contribution in [2.45, 2.75) is 13.3 Å². The van der Waals surface area contributed by atoms with Crippen molar-refractivity contribution in [3.05, 3.63) is 29.6 Å². The first-order chi connectivity index (χ1) is 8.08. The molecule has 0 radical (unpaired) electrons. The van der Waals surface area contributed by atoms with Gasteiger partial charge in [0.05, 0.1) is 5.71 Å². The van der Waals surface area contributed by atoms with Crippen LogP contribution in [0.5, 0.6) is 5.75 Å². The van der Waals surface area contributed by atoms with Crippen LogP contribution in [0.4, 0.5) is 4.39 Å². The average molecular weight is 255 g/mol. The highest BCUT2D eigenvalue weighted by Crippen LogP contribution is 2.19. The first kappa shape index (κ1) is 13.4. The Bertz CT molecular complexity index is 448. The maximum atomic E-state index is 13.1. The fourth-order valence-corrected chi connectivity index (χ4v) is 1.29. The van der Waals surface area contributed by atoms with Crippen LogP contribution in [0, 0.1) is 5.82 Å². The number of nitrogens with one attached hydrogen (secondary N) is 2. The summed E-state index contributed by atoms with van der Waals surface area (Å²) in [5, 5.41) is 16.7. The third kappa shape index (κ3) is 3.67. The Morgan fingerprint density at radius 3 is 2.82 bits per heavy atom. The monoisotopic (exact) mass is 255 g/mol. The smallest absolute Gasteiger partial charge is 0.186 e. The molecule has 0 amide bonds. The number of halogens is 1. The van der Waals surface area contributed by atoms with Crippen LogP contribution in [-0.4, -0.2) is 23.0 Å². The molecule has 6 heteroatoms. The van der Waals surface area contributed by atoms with E-state index in [0.717, 1.165) is 0 Å². The number of benzene rings is 1. The van der Waals surface area contributed by atoms with E-state index < -0.39 is 5.82 Å². The van der Waals surface area contributed by atoms with Gasteiger partial charge >= 0.3 is 0 Å². The van der Waals surface area contributed by atoms with E-state index >= 15 is 0 Å². The van der Waals surface area contributed by atoms with Gasteiger partial charge < -0.3 is 10.4 Å². The molecule has 0 unspecified atom stereocenters. The zero-order valence-electron chi connectivity index (χ0n) is 9.62. The molecule has 4 nitrogen and oxygen atoms in total. The summed E-state index contributed by atoms with van der Waals surface area (Å²) in [6.07, 6.45) is 0.538. The van der Waals surface area contributed by atoms with Gasteiger partial charge in [-0.25, -0.2) is 4.39 Å². The molecule has 3 N–H and O–H groups in total. The van der Waals surface area contributed by atoms with Crippen molar-refractivity contribution >= 4 is 23.0 Å². The van der Waals surface area contributed by atoms with Gasteiger partial charge in [-0.2, -0.15) is 5.10 Å². The molecule has 0 aliphatic heterocycles. The van der Waals surface area contributed by atoms with Gasteiger partial charge in [-0.05, 0) is 36.8 Å². The lowest BCUT2D eigenvalue weighted by Crippen LogP contribution is -2.29. The van der Waals surface area contributed by atoms with Crippen LogP contribution in [-0.2, 0) is 0 Å². The number of phenolic OH excluding ortho intramolecular Hbond substituents is 1. The molecule has 92 valence electrons. The average Bonchev–Trinajstić information content (AvgIpc) is 2.33. The summed E-state index contributed by atoms with van der Waals surface area (Å²) in [5.41, 5.74) is 3.49. The number of hydrogen-bond donors (Lipinski definition) is 3. The van der Waals surface area contributed by atoms with Crippen LogP contribution in [0.25, 0.3) is 0 Å². The molecule has 0 bridgehead atoms. The third-order valence-corrected chi connectivity index (χ3v) is 2.42. The summed E-state index contributed by atoms with van der Waals surface area (Å²) in [4.78, 5) is 0. The molecule has 1 rings (SSSR count). The molecule has 0 fully saturated rings. The lowest BCUT2D eigenvalue weighted by Gasteiger charge is -2.08. The molecule has 0 spiro atoms. The molecule has 1 aromatic rings. The normalized spacial score (nSPS) is 11.1. The highest BCUT2D eigenvalue weighted by atomic mass is 32.1. The summed E-state index contributed by atoms with van der Waals surface area (Å²) in [7, 11) is 1.66. The number of thiocarbonyl (C=S) groups is 1. The van der Waals surface area contributed by atoms with E-state index in [1.165, 1.54) is 18.2 Å². The first-order valence-corrected chi connectivity index (χ1v) is 5.52. The van der Waals surface area contributed by atoms with Crippen LogP contribution < -0.4 is 10.7 Å². The van der Waals surface area contributed by atoms with Gasteiger partial charge in [0.1, 0.15) is 11.6 Å². The van der Waals surface area contributed by atoms with Gasteiger partial charge in [-0.15, -0.1) is 0 Å². The SMILES string of the molecule is CC/C(=N\NC(=S)NC)c1cc(F)ccc1O. The van der Waals surface area contributed by atoms with E-state index in [2.05, 4.69) is 15.8 Å². The van der Waals surface area contributed by atoms with Crippen molar-refractivity contribution in [1.82, 2.24) is 10.7 Å². The maximum Gasteiger partial charge on any atom is 0.186 e. The second-order valence-electron chi connectivity index (χ2n) is 3.26. The number of phenols is 1. The predicted molar refractivity (Wildman–Crippen MR) is 69.7 cm³/mol. The Balaban J connectivity index is 3.00. The number of nitrogens with zero attached hydrogens (tertiary/aromatic N) is 1. The minimum absolute atomic E-state index is 0.0100. The van der Waals surface area contributed by atoms with E-state index in [1.54, 1.807) is 7.05 Å². The number of hydrazone groups is 1. The number of rotatable bonds is 3. The van der Waals surface area contributed by atoms with Crippen LogP contribution in [0.15, 0.2) is 23.3 Å². The summed E-state index contributed by atoms with van der Waals surface area (Å²) < 4.78 is 13.1. The molecular weight excluding hydrogens is 241 g/mol. The Morgan fingerprint density at radius 1 is 1.53 bits per heavy atom. The van der Waals surface area contributed by atoms with Gasteiger partial charge in [0, 0.05) is 12.6 Å². The Labute approximate surface area is 105 Å². The fraction of sp³-hybridized carbons (Fsp3) is 0.273. The maximum absolute atomic E-state index is 13.1. The van der Waals surface area contributed by atoms with Crippen molar-refractivity contribution in [3.63, 3.8) is 0 Å². The zero-order valence-corrected chi connectivity index (χ0v) is 10.4. The molecule has 0 aromatic heterocycles. The van der Waals surface area contributed by atoms with Gasteiger partial charge in [0.2, 0.25) is 0 Å². The minimum atomic E-state index is -0.421. The molecule has 0 heterocycles. The number of hydrogen-bond acceptors (Lipinski definition) is 3. The van der Waals surface area contributed by atoms with Gasteiger partial charge in [0.15, 0.2) is 5.11 Å². The van der Waals surface area contributed by atoms with Crippen LogP contribution in [0.3, 0.4) is 0 Å². The highest BCUT2D eigenvalue weighted by molar-refractivity contribution is 7.80. The van der Waals surface area contributed by atoms with Crippen molar-refractivity contribution in [1.29, 1.82) is 0 Å². The van der Waals surface area contributed by atoms with Crippen molar-refractivity contribution in [3.8, 4) is 5.75 Å². The van der Waals surface area contributed by atoms with Gasteiger partial charge in [-0.1, -0.05) is 6.92 Å². The van der Waals surface area contributed by atoms with E-state index in [0.29, 0.717) is 22.8 Å². The van der Waals surface area contributed by atoms with Crippen molar-refractivity contribution in [2.24, 2.45) is 5.10 Å². The van der Waals surface area contributed by atoms with E-state index in [4.69, 9.17) is 12.2 Å². The third-order valence-electron chi connectivity index (χ3n) is 2.12. The Morgan fingerprint density at radius 2 is 2.24 bits per heavy atom. The fourth-order valence-electron chi connectivity index (χ4n) is 1.24. The molecule has 1 aromatic carbocycles. The second kappa shape index (κ2) is 6.15. The summed E-state index contributed by atoms with van der Waals surface area (Å²) in [5.74, 6) is -0.431. The molecular formula is C11H14FN3OS. The molecule has 0 atom stereocenters. The lowest BCUT2D eigenvalue weighted by molar-refractivity contribution is 0.471. The van der Waals surface area contributed by atoms with Gasteiger partial charge in [-0.3, -0.25) is 5.43 Å². The lowest BCUT2D eigenvalue weighted by atomic mass is 10.1. The van der Waals surface area contributed by atoms with E-state index in [-0.39, 0.29) is 5.75 Å². The molecule has 0 aliphatic carbocycles. The summed E-state index contributed by atoms with van der Waals surface area (Å²) in [6.45, 7) is 1.85. The van der Waals surface area contributed by atoms with Crippen LogP contribution in [0.2, 0.25) is 0 Å². The quantitative estimate of drug-likeness (QED) is 0.437. The summed E-state index contributed by atoms with van der Waals surface area (Å²) >= 11 is 4.86. The standard InChI is InChI=1S/C11H14FN3OS/c1-3-9(14-15-11(17)13-2)8-6-7(12)4-5-10(8)16/h4-6,16H,3H2,1-2H3,(H2,13,15,17)/b14-9+. The predicted octanol–water partition coefficient (Wildman–Crippen LogP) is 1.74. The Kier molecular flexibility index (Phi) is 4.84. The number of aromatic hydroxyl groups is 1. The largest absolute Gasteiger partial charge is 0.507 e. The Hall–Kier alpha value is -1.69. The minimum Gasteiger partial charge on any atom is -0.507 e. The molecule has 17 heavy (non-hydrogen) atoms. The summed E-state index contributed by atoms with van der Waals surface area (Å²) in [6, 6.07) is 3.73.